The van der Waals surface area contributed by atoms with Crippen LogP contribution in [-0.4, -0.2) is 24.0 Å². The molecule has 2 aromatic rings. The van der Waals surface area contributed by atoms with Crippen molar-refractivity contribution >= 4 is 5.69 Å². The maximum Gasteiger partial charge on any atom is 0.289 e. The standard InChI is InChI=1S/C14H17N3O3/c1-4-17-14(18)10(15)8-11(16-17)9-5-6-12(19-2)13(7-9)20-3/h5-8H,4,15H2,1-3H3. The van der Waals surface area contributed by atoms with Gasteiger partial charge in [-0.1, -0.05) is 0 Å². The number of rotatable bonds is 4. The summed E-state index contributed by atoms with van der Waals surface area (Å²) < 4.78 is 11.8. The van der Waals surface area contributed by atoms with Crippen LogP contribution in [0.1, 0.15) is 6.92 Å². The van der Waals surface area contributed by atoms with Gasteiger partial charge in [0.15, 0.2) is 11.5 Å². The molecular formula is C14H17N3O3. The Hall–Kier alpha value is -2.50. The molecule has 0 saturated carbocycles. The van der Waals surface area contributed by atoms with E-state index in [0.717, 1.165) is 5.56 Å². The maximum atomic E-state index is 11.7. The van der Waals surface area contributed by atoms with E-state index in [2.05, 4.69) is 5.10 Å². The summed E-state index contributed by atoms with van der Waals surface area (Å²) in [6.07, 6.45) is 0. The van der Waals surface area contributed by atoms with Crippen molar-refractivity contribution in [2.24, 2.45) is 0 Å². The van der Waals surface area contributed by atoms with Gasteiger partial charge in [-0.3, -0.25) is 4.79 Å². The number of methoxy groups -OCH3 is 2. The average Bonchev–Trinajstić information content (AvgIpc) is 2.49. The van der Waals surface area contributed by atoms with Crippen molar-refractivity contribution < 1.29 is 9.47 Å². The Morgan fingerprint density at radius 1 is 1.20 bits per heavy atom. The van der Waals surface area contributed by atoms with Crippen LogP contribution in [0, 0.1) is 0 Å². The Balaban J connectivity index is 2.57. The molecule has 0 aliphatic rings. The van der Waals surface area contributed by atoms with Crippen LogP contribution < -0.4 is 20.8 Å². The second-order valence-corrected chi connectivity index (χ2v) is 4.18. The molecular weight excluding hydrogens is 258 g/mol. The zero-order chi connectivity index (χ0) is 14.7. The molecule has 6 heteroatoms. The van der Waals surface area contributed by atoms with Gasteiger partial charge in [-0.05, 0) is 31.2 Å². The van der Waals surface area contributed by atoms with Crippen LogP contribution in [0.2, 0.25) is 0 Å². The third kappa shape index (κ3) is 2.45. The minimum atomic E-state index is -0.281. The number of nitrogens with two attached hydrogens (primary N) is 1. The monoisotopic (exact) mass is 275 g/mol. The maximum absolute atomic E-state index is 11.7. The van der Waals surface area contributed by atoms with Gasteiger partial charge < -0.3 is 15.2 Å². The first-order valence-corrected chi connectivity index (χ1v) is 6.20. The van der Waals surface area contributed by atoms with E-state index in [0.29, 0.717) is 23.7 Å². The number of aromatic nitrogens is 2. The molecule has 0 radical (unpaired) electrons. The van der Waals surface area contributed by atoms with Crippen molar-refractivity contribution in [3.8, 4) is 22.8 Å². The van der Waals surface area contributed by atoms with Crippen LogP contribution >= 0.6 is 0 Å². The van der Waals surface area contributed by atoms with Crippen molar-refractivity contribution in [2.75, 3.05) is 20.0 Å². The van der Waals surface area contributed by atoms with Gasteiger partial charge in [0.05, 0.1) is 19.9 Å². The lowest BCUT2D eigenvalue weighted by atomic mass is 10.1. The van der Waals surface area contributed by atoms with E-state index in [9.17, 15) is 4.79 Å². The molecule has 2 N–H and O–H groups in total. The number of hydrogen-bond acceptors (Lipinski definition) is 5. The Kier molecular flexibility index (Phi) is 3.93. The highest BCUT2D eigenvalue weighted by Gasteiger charge is 2.10. The van der Waals surface area contributed by atoms with E-state index in [-0.39, 0.29) is 11.2 Å². The van der Waals surface area contributed by atoms with E-state index >= 15 is 0 Å². The fourth-order valence-electron chi connectivity index (χ4n) is 1.91. The molecule has 0 aliphatic heterocycles. The molecule has 0 unspecified atom stereocenters. The summed E-state index contributed by atoms with van der Waals surface area (Å²) in [5.74, 6) is 1.23. The highest BCUT2D eigenvalue weighted by molar-refractivity contribution is 5.66. The SMILES string of the molecule is CCn1nc(-c2ccc(OC)c(OC)c2)cc(N)c1=O. The number of benzene rings is 1. The van der Waals surface area contributed by atoms with Crippen molar-refractivity contribution in [3.05, 3.63) is 34.6 Å². The van der Waals surface area contributed by atoms with E-state index in [1.54, 1.807) is 32.4 Å². The zero-order valence-electron chi connectivity index (χ0n) is 11.7. The molecule has 0 aliphatic carbocycles. The Morgan fingerprint density at radius 2 is 1.90 bits per heavy atom. The summed E-state index contributed by atoms with van der Waals surface area (Å²) in [6.45, 7) is 2.30. The molecule has 0 spiro atoms. The van der Waals surface area contributed by atoms with Gasteiger partial charge in [0.2, 0.25) is 0 Å². The highest BCUT2D eigenvalue weighted by Crippen LogP contribution is 2.31. The van der Waals surface area contributed by atoms with Crippen LogP contribution in [0.3, 0.4) is 0 Å². The molecule has 2 rings (SSSR count). The van der Waals surface area contributed by atoms with Crippen molar-refractivity contribution in [2.45, 2.75) is 13.5 Å². The van der Waals surface area contributed by atoms with E-state index in [4.69, 9.17) is 15.2 Å². The van der Waals surface area contributed by atoms with Crippen molar-refractivity contribution in [1.29, 1.82) is 0 Å². The Labute approximate surface area is 116 Å². The molecule has 1 aromatic carbocycles. The van der Waals surface area contributed by atoms with Gasteiger partial charge in [0, 0.05) is 12.1 Å². The van der Waals surface area contributed by atoms with Gasteiger partial charge in [0.25, 0.3) is 5.56 Å². The minimum absolute atomic E-state index is 0.173. The van der Waals surface area contributed by atoms with Crippen molar-refractivity contribution in [3.63, 3.8) is 0 Å². The molecule has 1 aromatic heterocycles. The number of nitrogens with zero attached hydrogens (tertiary/aromatic N) is 2. The average molecular weight is 275 g/mol. The number of nitrogen functional groups attached to an aromatic ring is 1. The lowest BCUT2D eigenvalue weighted by Gasteiger charge is -2.10. The zero-order valence-corrected chi connectivity index (χ0v) is 11.7. The highest BCUT2D eigenvalue weighted by atomic mass is 16.5. The fourth-order valence-corrected chi connectivity index (χ4v) is 1.91. The summed E-state index contributed by atoms with van der Waals surface area (Å²) in [6, 6.07) is 6.99. The second-order valence-electron chi connectivity index (χ2n) is 4.18. The predicted molar refractivity (Wildman–Crippen MR) is 77.1 cm³/mol. The first-order chi connectivity index (χ1) is 9.60. The van der Waals surface area contributed by atoms with Crippen LogP contribution in [0.25, 0.3) is 11.3 Å². The fraction of sp³-hybridized carbons (Fsp3) is 0.286. The van der Waals surface area contributed by atoms with Gasteiger partial charge in [0.1, 0.15) is 5.69 Å². The smallest absolute Gasteiger partial charge is 0.289 e. The summed E-state index contributed by atoms with van der Waals surface area (Å²) in [7, 11) is 3.14. The summed E-state index contributed by atoms with van der Waals surface area (Å²) in [5.41, 5.74) is 7.04. The van der Waals surface area contributed by atoms with Gasteiger partial charge in [-0.2, -0.15) is 5.10 Å². The Bertz CT molecular complexity index is 680. The van der Waals surface area contributed by atoms with E-state index in [1.807, 2.05) is 13.0 Å². The molecule has 0 bridgehead atoms. The lowest BCUT2D eigenvalue weighted by Crippen LogP contribution is -2.24. The molecule has 1 heterocycles. The molecule has 106 valence electrons. The molecule has 20 heavy (non-hydrogen) atoms. The number of ether oxygens (including phenoxy) is 2. The van der Waals surface area contributed by atoms with E-state index < -0.39 is 0 Å². The number of aryl methyl sites for hydroxylation is 1. The second kappa shape index (κ2) is 5.64. The van der Waals surface area contributed by atoms with Crippen molar-refractivity contribution in [1.82, 2.24) is 9.78 Å². The molecule has 0 saturated heterocycles. The quantitative estimate of drug-likeness (QED) is 0.915. The minimum Gasteiger partial charge on any atom is -0.493 e. The molecule has 0 fully saturated rings. The van der Waals surface area contributed by atoms with Crippen LogP contribution in [0.5, 0.6) is 11.5 Å². The van der Waals surface area contributed by atoms with Crippen LogP contribution in [0.15, 0.2) is 29.1 Å². The summed E-state index contributed by atoms with van der Waals surface area (Å²) >= 11 is 0. The third-order valence-corrected chi connectivity index (χ3v) is 2.98. The normalized spacial score (nSPS) is 10.3. The largest absolute Gasteiger partial charge is 0.493 e. The topological polar surface area (TPSA) is 79.4 Å². The van der Waals surface area contributed by atoms with Gasteiger partial charge >= 0.3 is 0 Å². The molecule has 6 nitrogen and oxygen atoms in total. The van der Waals surface area contributed by atoms with Gasteiger partial charge in [-0.15, -0.1) is 0 Å². The first kappa shape index (κ1) is 13.9. The number of hydrogen-bond donors (Lipinski definition) is 1. The lowest BCUT2D eigenvalue weighted by molar-refractivity contribution is 0.355. The number of anilines is 1. The summed E-state index contributed by atoms with van der Waals surface area (Å²) in [5, 5.41) is 4.28. The molecule has 0 amide bonds. The third-order valence-electron chi connectivity index (χ3n) is 2.98. The van der Waals surface area contributed by atoms with Crippen LogP contribution in [-0.2, 0) is 6.54 Å². The van der Waals surface area contributed by atoms with Crippen LogP contribution in [0.4, 0.5) is 5.69 Å². The van der Waals surface area contributed by atoms with Gasteiger partial charge in [-0.25, -0.2) is 4.68 Å². The summed E-state index contributed by atoms with van der Waals surface area (Å²) in [4.78, 5) is 11.7. The predicted octanol–water partition coefficient (Wildman–Crippen LogP) is 1.53. The molecule has 0 atom stereocenters. The Morgan fingerprint density at radius 3 is 2.50 bits per heavy atom. The van der Waals surface area contributed by atoms with E-state index in [1.165, 1.54) is 4.68 Å². The first-order valence-electron chi connectivity index (χ1n) is 6.20.